The molecule has 0 saturated heterocycles. The van der Waals surface area contributed by atoms with E-state index in [4.69, 9.17) is 17.0 Å². The van der Waals surface area contributed by atoms with Crippen LogP contribution in [-0.2, 0) is 11.8 Å². The van der Waals surface area contributed by atoms with Gasteiger partial charge in [-0.25, -0.2) is 4.98 Å². The minimum atomic E-state index is -0.196. The number of anilines is 1. The van der Waals surface area contributed by atoms with Gasteiger partial charge in [0.05, 0.1) is 12.4 Å². The van der Waals surface area contributed by atoms with E-state index < -0.39 is 0 Å². The van der Waals surface area contributed by atoms with Gasteiger partial charge in [0, 0.05) is 18.4 Å². The van der Waals surface area contributed by atoms with Crippen molar-refractivity contribution in [2.75, 3.05) is 17.7 Å². The van der Waals surface area contributed by atoms with Crippen LogP contribution in [0.15, 0.2) is 64.5 Å². The molecule has 0 unspecified atom stereocenters. The van der Waals surface area contributed by atoms with Crippen molar-refractivity contribution in [3.8, 4) is 11.4 Å². The van der Waals surface area contributed by atoms with Crippen molar-refractivity contribution >= 4 is 57.3 Å². The van der Waals surface area contributed by atoms with E-state index in [1.807, 2.05) is 37.3 Å². The number of ether oxygens (including phenoxy) is 1. The molecule has 0 aliphatic heterocycles. The van der Waals surface area contributed by atoms with Crippen molar-refractivity contribution in [3.05, 3.63) is 68.9 Å². The van der Waals surface area contributed by atoms with Gasteiger partial charge in [-0.05, 0) is 55.5 Å². The molecule has 4 aromatic rings. The number of hydrogen-bond acceptors (Lipinski definition) is 7. The molecule has 7 nitrogen and oxygen atoms in total. The number of benzene rings is 2. The highest BCUT2D eigenvalue weighted by molar-refractivity contribution is 7.99. The number of fused-ring (bicyclic) bond motifs is 1. The Hall–Kier alpha value is -2.95. The molecular formula is C22H20N4O3S3. The molecule has 32 heavy (non-hydrogen) atoms. The monoisotopic (exact) mass is 484 g/mol. The molecule has 10 heteroatoms. The lowest BCUT2D eigenvalue weighted by atomic mass is 10.3. The molecule has 0 aliphatic rings. The standard InChI is InChI=1S/C22H20N4O3S3/c1-3-29-16-11-9-14(10-12-16)23-17(27)13-31-21-24-19-18(20(28)25(21)2)32-22(30)26(19)15-7-5-4-6-8-15/h4-12H,3,13H2,1-2H3,(H,23,27). The summed E-state index contributed by atoms with van der Waals surface area (Å²) in [6, 6.07) is 16.7. The van der Waals surface area contributed by atoms with Gasteiger partial charge in [0.15, 0.2) is 14.8 Å². The Morgan fingerprint density at radius 2 is 1.91 bits per heavy atom. The molecule has 1 N–H and O–H groups in total. The highest BCUT2D eigenvalue weighted by Crippen LogP contribution is 2.25. The fourth-order valence-electron chi connectivity index (χ4n) is 3.07. The van der Waals surface area contributed by atoms with E-state index in [1.54, 1.807) is 35.9 Å². The summed E-state index contributed by atoms with van der Waals surface area (Å²) < 4.78 is 9.69. The second-order valence-electron chi connectivity index (χ2n) is 6.74. The molecule has 2 aromatic heterocycles. The summed E-state index contributed by atoms with van der Waals surface area (Å²) >= 11 is 7.94. The van der Waals surface area contributed by atoms with Gasteiger partial charge in [-0.3, -0.25) is 18.7 Å². The number of rotatable bonds is 7. The van der Waals surface area contributed by atoms with Gasteiger partial charge in [0.25, 0.3) is 5.56 Å². The van der Waals surface area contributed by atoms with Crippen LogP contribution >= 0.6 is 35.3 Å². The van der Waals surface area contributed by atoms with Crippen LogP contribution < -0.4 is 15.6 Å². The van der Waals surface area contributed by atoms with E-state index in [2.05, 4.69) is 10.3 Å². The Kier molecular flexibility index (Phi) is 6.73. The first-order chi connectivity index (χ1) is 15.5. The zero-order valence-electron chi connectivity index (χ0n) is 17.4. The third kappa shape index (κ3) is 4.62. The molecule has 1 amide bonds. The fraction of sp³-hybridized carbons (Fsp3) is 0.182. The zero-order valence-corrected chi connectivity index (χ0v) is 19.9. The Morgan fingerprint density at radius 1 is 1.19 bits per heavy atom. The molecule has 0 atom stereocenters. The predicted molar refractivity (Wildman–Crippen MR) is 132 cm³/mol. The molecule has 0 aliphatic carbocycles. The number of thiazole rings is 1. The van der Waals surface area contributed by atoms with Gasteiger partial charge in [-0.2, -0.15) is 0 Å². The second kappa shape index (κ2) is 9.68. The smallest absolute Gasteiger partial charge is 0.273 e. The lowest BCUT2D eigenvalue weighted by Gasteiger charge is -2.10. The van der Waals surface area contributed by atoms with E-state index in [-0.39, 0.29) is 17.2 Å². The van der Waals surface area contributed by atoms with Crippen molar-refractivity contribution in [1.82, 2.24) is 14.1 Å². The quantitative estimate of drug-likeness (QED) is 0.234. The van der Waals surface area contributed by atoms with Crippen LogP contribution in [0.3, 0.4) is 0 Å². The molecule has 0 bridgehead atoms. The van der Waals surface area contributed by atoms with Crippen LogP contribution in [0, 0.1) is 3.95 Å². The largest absolute Gasteiger partial charge is 0.494 e. The van der Waals surface area contributed by atoms with Crippen molar-refractivity contribution in [2.45, 2.75) is 12.1 Å². The van der Waals surface area contributed by atoms with Crippen LogP contribution in [0.5, 0.6) is 5.75 Å². The molecule has 0 radical (unpaired) electrons. The first-order valence-corrected chi connectivity index (χ1v) is 12.0. The summed E-state index contributed by atoms with van der Waals surface area (Å²) in [4.78, 5) is 30.0. The first-order valence-electron chi connectivity index (χ1n) is 9.81. The number of carbonyl (C=O) groups excluding carboxylic acids is 1. The number of nitrogens with zero attached hydrogens (tertiary/aromatic N) is 3. The van der Waals surface area contributed by atoms with Gasteiger partial charge in [0.1, 0.15) is 10.4 Å². The Bertz CT molecular complexity index is 1380. The minimum absolute atomic E-state index is 0.106. The van der Waals surface area contributed by atoms with Crippen molar-refractivity contribution in [2.24, 2.45) is 7.05 Å². The summed E-state index contributed by atoms with van der Waals surface area (Å²) in [5.74, 6) is 0.657. The maximum absolute atomic E-state index is 12.9. The summed E-state index contributed by atoms with van der Waals surface area (Å²) in [5.41, 5.74) is 1.83. The van der Waals surface area contributed by atoms with Crippen LogP contribution in [-0.4, -0.2) is 32.4 Å². The van der Waals surface area contributed by atoms with Crippen LogP contribution in [0.1, 0.15) is 6.92 Å². The lowest BCUT2D eigenvalue weighted by Crippen LogP contribution is -2.21. The number of para-hydroxylation sites is 1. The lowest BCUT2D eigenvalue weighted by molar-refractivity contribution is -0.113. The maximum atomic E-state index is 12.9. The third-order valence-corrected chi connectivity index (χ3v) is 6.95. The highest BCUT2D eigenvalue weighted by atomic mass is 32.2. The molecule has 2 heterocycles. The summed E-state index contributed by atoms with van der Waals surface area (Å²) in [6.07, 6.45) is 0. The topological polar surface area (TPSA) is 78.2 Å². The normalized spacial score (nSPS) is 10.9. The average molecular weight is 485 g/mol. The van der Waals surface area contributed by atoms with E-state index in [9.17, 15) is 9.59 Å². The van der Waals surface area contributed by atoms with Crippen molar-refractivity contribution in [1.29, 1.82) is 0 Å². The van der Waals surface area contributed by atoms with Gasteiger partial charge in [0.2, 0.25) is 5.91 Å². The van der Waals surface area contributed by atoms with Crippen LogP contribution in [0.2, 0.25) is 0 Å². The molecule has 2 aromatic carbocycles. The van der Waals surface area contributed by atoms with Gasteiger partial charge in [-0.1, -0.05) is 41.3 Å². The molecule has 4 rings (SSSR count). The molecule has 0 fully saturated rings. The Balaban J connectivity index is 1.56. The zero-order chi connectivity index (χ0) is 22.7. The Morgan fingerprint density at radius 3 is 2.59 bits per heavy atom. The number of aromatic nitrogens is 3. The molecule has 164 valence electrons. The van der Waals surface area contributed by atoms with Crippen LogP contribution in [0.4, 0.5) is 5.69 Å². The van der Waals surface area contributed by atoms with Crippen molar-refractivity contribution in [3.63, 3.8) is 0 Å². The van der Waals surface area contributed by atoms with E-state index >= 15 is 0 Å². The van der Waals surface area contributed by atoms with Crippen molar-refractivity contribution < 1.29 is 9.53 Å². The van der Waals surface area contributed by atoms with E-state index in [1.165, 1.54) is 27.7 Å². The number of amides is 1. The van der Waals surface area contributed by atoms with Gasteiger partial charge >= 0.3 is 0 Å². The van der Waals surface area contributed by atoms with Gasteiger partial charge in [-0.15, -0.1) is 0 Å². The SMILES string of the molecule is CCOc1ccc(NC(=O)CSc2nc3c(sc(=S)n3-c3ccccc3)c(=O)n2C)cc1. The van der Waals surface area contributed by atoms with Crippen LogP contribution in [0.25, 0.3) is 16.0 Å². The molecule has 0 saturated carbocycles. The summed E-state index contributed by atoms with van der Waals surface area (Å²) in [7, 11) is 1.65. The van der Waals surface area contributed by atoms with E-state index in [0.29, 0.717) is 31.8 Å². The minimum Gasteiger partial charge on any atom is -0.494 e. The Labute approximate surface area is 197 Å². The third-order valence-electron chi connectivity index (χ3n) is 4.57. The average Bonchev–Trinajstić information content (AvgIpc) is 3.13. The number of hydrogen-bond donors (Lipinski definition) is 1. The molecule has 0 spiro atoms. The maximum Gasteiger partial charge on any atom is 0.273 e. The first kappa shape index (κ1) is 22.3. The highest BCUT2D eigenvalue weighted by Gasteiger charge is 2.17. The fourth-order valence-corrected chi connectivity index (χ4v) is 5.19. The number of thioether (sulfide) groups is 1. The number of carbonyl (C=O) groups is 1. The van der Waals surface area contributed by atoms with E-state index in [0.717, 1.165) is 11.4 Å². The predicted octanol–water partition coefficient (Wildman–Crippen LogP) is 4.64. The number of nitrogens with one attached hydrogen (secondary N) is 1. The van der Waals surface area contributed by atoms with Gasteiger partial charge < -0.3 is 10.1 Å². The second-order valence-corrected chi connectivity index (χ2v) is 9.33. The summed E-state index contributed by atoms with van der Waals surface area (Å²) in [5, 5.41) is 3.29. The summed E-state index contributed by atoms with van der Waals surface area (Å²) in [6.45, 7) is 2.50. The molecular weight excluding hydrogens is 464 g/mol.